The van der Waals surface area contributed by atoms with Gasteiger partial charge in [-0.2, -0.15) is 11.3 Å². The van der Waals surface area contributed by atoms with Crippen LogP contribution in [-0.4, -0.2) is 14.2 Å². The third kappa shape index (κ3) is 2.88. The van der Waals surface area contributed by atoms with Crippen LogP contribution in [0.5, 0.6) is 0 Å². The van der Waals surface area contributed by atoms with Crippen molar-refractivity contribution in [3.63, 3.8) is 0 Å². The average Bonchev–Trinajstić information content (AvgIpc) is 2.83. The molecule has 6 heteroatoms. The van der Waals surface area contributed by atoms with Gasteiger partial charge in [-0.25, -0.2) is 12.8 Å². The number of sulfone groups is 1. The molecule has 3 nitrogen and oxygen atoms in total. The van der Waals surface area contributed by atoms with Crippen molar-refractivity contribution in [2.75, 3.05) is 11.5 Å². The van der Waals surface area contributed by atoms with E-state index in [0.29, 0.717) is 6.42 Å². The lowest BCUT2D eigenvalue weighted by molar-refractivity contribution is 0.591. The molecule has 18 heavy (non-hydrogen) atoms. The summed E-state index contributed by atoms with van der Waals surface area (Å²) in [5.41, 5.74) is 6.62. The number of rotatable bonds is 4. The third-order valence-electron chi connectivity index (χ3n) is 2.55. The highest BCUT2D eigenvalue weighted by atomic mass is 32.2. The third-order valence-corrected chi connectivity index (χ3v) is 5.05. The Labute approximate surface area is 109 Å². The maximum atomic E-state index is 13.1. The Bertz CT molecular complexity index is 636. The predicted octanol–water partition coefficient (Wildman–Crippen LogP) is 2.49. The molecule has 0 radical (unpaired) electrons. The van der Waals surface area contributed by atoms with Crippen LogP contribution in [0.1, 0.15) is 5.56 Å². The van der Waals surface area contributed by atoms with E-state index in [1.807, 2.05) is 16.8 Å². The molecular formula is C12H12FNO2S2. The van der Waals surface area contributed by atoms with E-state index in [4.69, 9.17) is 5.73 Å². The van der Waals surface area contributed by atoms with Crippen molar-refractivity contribution in [2.45, 2.75) is 11.3 Å². The minimum Gasteiger partial charge on any atom is -0.398 e. The fourth-order valence-corrected chi connectivity index (χ4v) is 3.72. The quantitative estimate of drug-likeness (QED) is 0.878. The Morgan fingerprint density at radius 3 is 2.72 bits per heavy atom. The lowest BCUT2D eigenvalue weighted by atomic mass is 10.3. The van der Waals surface area contributed by atoms with E-state index in [-0.39, 0.29) is 16.3 Å². The molecule has 96 valence electrons. The number of nitrogen functional groups attached to an aromatic ring is 1. The molecule has 2 aromatic rings. The number of benzene rings is 1. The van der Waals surface area contributed by atoms with Crippen molar-refractivity contribution in [1.82, 2.24) is 0 Å². The number of hydrogen-bond acceptors (Lipinski definition) is 4. The van der Waals surface area contributed by atoms with Gasteiger partial charge in [0.2, 0.25) is 0 Å². The van der Waals surface area contributed by atoms with Crippen LogP contribution in [0.4, 0.5) is 10.1 Å². The van der Waals surface area contributed by atoms with Gasteiger partial charge in [-0.15, -0.1) is 0 Å². The van der Waals surface area contributed by atoms with Gasteiger partial charge in [-0.3, -0.25) is 0 Å². The molecule has 0 saturated heterocycles. The number of nitrogens with two attached hydrogens (primary N) is 1. The van der Waals surface area contributed by atoms with Crippen LogP contribution < -0.4 is 5.73 Å². The zero-order valence-corrected chi connectivity index (χ0v) is 11.1. The Morgan fingerprint density at radius 2 is 2.06 bits per heavy atom. The molecule has 0 amide bonds. The van der Waals surface area contributed by atoms with Crippen molar-refractivity contribution in [2.24, 2.45) is 0 Å². The van der Waals surface area contributed by atoms with Crippen molar-refractivity contribution >= 4 is 26.9 Å². The molecule has 0 aliphatic heterocycles. The zero-order valence-electron chi connectivity index (χ0n) is 9.47. The maximum absolute atomic E-state index is 13.1. The van der Waals surface area contributed by atoms with Crippen LogP contribution >= 0.6 is 11.3 Å². The van der Waals surface area contributed by atoms with Gasteiger partial charge in [0.1, 0.15) is 5.82 Å². The van der Waals surface area contributed by atoms with Crippen molar-refractivity contribution in [3.8, 4) is 0 Å². The Morgan fingerprint density at radius 1 is 1.28 bits per heavy atom. The number of anilines is 1. The summed E-state index contributed by atoms with van der Waals surface area (Å²) < 4.78 is 37.2. The maximum Gasteiger partial charge on any atom is 0.180 e. The van der Waals surface area contributed by atoms with E-state index < -0.39 is 15.7 Å². The molecule has 0 unspecified atom stereocenters. The largest absolute Gasteiger partial charge is 0.398 e. The van der Waals surface area contributed by atoms with Gasteiger partial charge in [-0.1, -0.05) is 0 Å². The number of aryl methyl sites for hydroxylation is 1. The average molecular weight is 285 g/mol. The van der Waals surface area contributed by atoms with Crippen molar-refractivity contribution in [3.05, 3.63) is 46.4 Å². The first kappa shape index (κ1) is 13.0. The molecular weight excluding hydrogens is 273 g/mol. The minimum atomic E-state index is -3.55. The molecule has 0 aliphatic carbocycles. The summed E-state index contributed by atoms with van der Waals surface area (Å²) in [6.07, 6.45) is 0.405. The van der Waals surface area contributed by atoms with Crippen molar-refractivity contribution in [1.29, 1.82) is 0 Å². The van der Waals surface area contributed by atoms with Crippen LogP contribution in [0.2, 0.25) is 0 Å². The minimum absolute atomic E-state index is 0.0720. The first-order chi connectivity index (χ1) is 8.49. The van der Waals surface area contributed by atoms with E-state index in [1.54, 1.807) is 0 Å². The number of thiophene rings is 1. The molecule has 0 fully saturated rings. The molecule has 0 bridgehead atoms. The van der Waals surface area contributed by atoms with E-state index in [1.165, 1.54) is 17.4 Å². The van der Waals surface area contributed by atoms with Crippen molar-refractivity contribution < 1.29 is 12.8 Å². The van der Waals surface area contributed by atoms with Gasteiger partial charge in [0.25, 0.3) is 0 Å². The lowest BCUT2D eigenvalue weighted by Crippen LogP contribution is -2.11. The van der Waals surface area contributed by atoms with Crippen LogP contribution in [0.3, 0.4) is 0 Å². The molecule has 1 heterocycles. The van der Waals surface area contributed by atoms with Gasteiger partial charge >= 0.3 is 0 Å². The van der Waals surface area contributed by atoms with E-state index in [0.717, 1.165) is 17.7 Å². The second-order valence-electron chi connectivity index (χ2n) is 3.88. The highest BCUT2D eigenvalue weighted by Gasteiger charge is 2.18. The predicted molar refractivity (Wildman–Crippen MR) is 70.9 cm³/mol. The summed E-state index contributed by atoms with van der Waals surface area (Å²) in [5.74, 6) is -0.671. The van der Waals surface area contributed by atoms with Gasteiger partial charge < -0.3 is 5.73 Å². The highest BCUT2D eigenvalue weighted by molar-refractivity contribution is 7.91. The number of halogens is 1. The second-order valence-corrected chi connectivity index (χ2v) is 6.74. The Balaban J connectivity index is 2.22. The summed E-state index contributed by atoms with van der Waals surface area (Å²) in [4.78, 5) is -0.127. The van der Waals surface area contributed by atoms with Crippen LogP contribution in [0.25, 0.3) is 0 Å². The summed E-state index contributed by atoms with van der Waals surface area (Å²) >= 11 is 1.51. The molecule has 0 aliphatic rings. The monoisotopic (exact) mass is 285 g/mol. The van der Waals surface area contributed by atoms with Gasteiger partial charge in [0, 0.05) is 0 Å². The fraction of sp³-hybridized carbons (Fsp3) is 0.167. The second kappa shape index (κ2) is 5.07. The first-order valence-corrected chi connectivity index (χ1v) is 7.87. The molecule has 2 rings (SSSR count). The van der Waals surface area contributed by atoms with E-state index in [2.05, 4.69) is 0 Å². The summed E-state index contributed by atoms with van der Waals surface area (Å²) in [5, 5.41) is 3.78. The van der Waals surface area contributed by atoms with Crippen LogP contribution in [0, 0.1) is 5.82 Å². The summed E-state index contributed by atoms with van der Waals surface area (Å²) in [6.45, 7) is 0. The Hall–Kier alpha value is -1.40. The lowest BCUT2D eigenvalue weighted by Gasteiger charge is -2.07. The molecule has 2 N–H and O–H groups in total. The molecule has 0 saturated carbocycles. The van der Waals surface area contributed by atoms with E-state index >= 15 is 0 Å². The van der Waals surface area contributed by atoms with Gasteiger partial charge in [-0.05, 0) is 47.0 Å². The van der Waals surface area contributed by atoms with Gasteiger partial charge in [0.15, 0.2) is 9.84 Å². The summed E-state index contributed by atoms with van der Waals surface area (Å²) in [7, 11) is -3.55. The Kier molecular flexibility index (Phi) is 3.68. The fourth-order valence-electron chi connectivity index (χ4n) is 1.57. The topological polar surface area (TPSA) is 60.2 Å². The van der Waals surface area contributed by atoms with Crippen LogP contribution in [-0.2, 0) is 16.3 Å². The van der Waals surface area contributed by atoms with E-state index in [9.17, 15) is 12.8 Å². The molecule has 1 aromatic heterocycles. The number of hydrogen-bond donors (Lipinski definition) is 1. The van der Waals surface area contributed by atoms with Crippen LogP contribution in [0.15, 0.2) is 39.9 Å². The normalized spacial score (nSPS) is 11.6. The first-order valence-electron chi connectivity index (χ1n) is 5.28. The molecule has 0 atom stereocenters. The standard InChI is InChI=1S/C12H12FNO2S2/c13-10-1-2-11(14)12(7-10)18(15,16)6-4-9-3-5-17-8-9/h1-3,5,7-8H,4,6,14H2. The van der Waals surface area contributed by atoms with Gasteiger partial charge in [0.05, 0.1) is 16.3 Å². The zero-order chi connectivity index (χ0) is 13.2. The smallest absolute Gasteiger partial charge is 0.180 e. The molecule has 1 aromatic carbocycles. The highest BCUT2D eigenvalue weighted by Crippen LogP contribution is 2.21. The molecule has 0 spiro atoms. The summed E-state index contributed by atoms with van der Waals surface area (Å²) in [6, 6.07) is 5.26. The SMILES string of the molecule is Nc1ccc(F)cc1S(=O)(=O)CCc1ccsc1.